The monoisotopic (exact) mass is 382 g/mol. The second-order valence-corrected chi connectivity index (χ2v) is 5.29. The zero-order valence-corrected chi connectivity index (χ0v) is 16.7. The molecule has 0 spiro atoms. The predicted molar refractivity (Wildman–Crippen MR) is 77.9 cm³/mol. The Hall–Kier alpha value is 0.769. The minimum atomic E-state index is -2.14. The van der Waals surface area contributed by atoms with E-state index in [2.05, 4.69) is 0 Å². The zero-order chi connectivity index (χ0) is 17.3. The van der Waals surface area contributed by atoms with Gasteiger partial charge in [-0.1, -0.05) is 13.2 Å². The molecule has 0 fully saturated rings. The third kappa shape index (κ3) is 29.4. The molecule has 0 rings (SSSR count). The molecule has 21 heavy (non-hydrogen) atoms. The van der Waals surface area contributed by atoms with Gasteiger partial charge < -0.3 is 19.7 Å². The summed E-state index contributed by atoms with van der Waals surface area (Å²) in [6, 6.07) is 0. The summed E-state index contributed by atoms with van der Waals surface area (Å²) in [5.74, 6) is 0. The van der Waals surface area contributed by atoms with Crippen molar-refractivity contribution in [1.29, 1.82) is 0 Å². The van der Waals surface area contributed by atoms with Gasteiger partial charge in [0.1, 0.15) is 0 Å². The van der Waals surface area contributed by atoms with Crippen LogP contribution in [-0.2, 0) is 41.3 Å². The van der Waals surface area contributed by atoms with Crippen LogP contribution in [0.4, 0.5) is 0 Å². The van der Waals surface area contributed by atoms with E-state index in [0.29, 0.717) is 6.61 Å². The summed E-state index contributed by atoms with van der Waals surface area (Å²) in [4.78, 5) is 0. The van der Waals surface area contributed by atoms with Gasteiger partial charge in [0.2, 0.25) is 0 Å². The maximum atomic E-state index is 8.86. The topological polar surface area (TPSA) is 96.2 Å². The Balaban J connectivity index is -0.000000260. The molecular formula is C13H30BO6Y. The molecule has 0 aliphatic heterocycles. The van der Waals surface area contributed by atoms with Gasteiger partial charge in [-0.05, 0) is 34.1 Å². The summed E-state index contributed by atoms with van der Waals surface area (Å²) >= 11 is -2.14. The Morgan fingerprint density at radius 1 is 1.19 bits per heavy atom. The second kappa shape index (κ2) is 20.8. The van der Waals surface area contributed by atoms with Crippen LogP contribution in [0, 0.1) is 0 Å². The maximum absolute atomic E-state index is 8.86. The van der Waals surface area contributed by atoms with Crippen molar-refractivity contribution in [2.75, 3.05) is 13.2 Å². The molecule has 0 aromatic rings. The first-order valence-electron chi connectivity index (χ1n) is 7.12. The fourth-order valence-corrected chi connectivity index (χ4v) is 1.02. The normalized spacial score (nSPS) is 12.7. The van der Waals surface area contributed by atoms with Gasteiger partial charge in [-0.15, -0.1) is 0 Å². The molecule has 0 saturated heterocycles. The number of aliphatic hydroxyl groups excluding tert-OH is 2. The molecule has 2 atom stereocenters. The molecule has 0 amide bonds. The van der Waals surface area contributed by atoms with Gasteiger partial charge in [-0.3, -0.25) is 0 Å². The minimum absolute atomic E-state index is 0.0324. The molecule has 3 N–H and O–H groups in total. The van der Waals surface area contributed by atoms with Crippen LogP contribution in [0.2, 0.25) is 6.32 Å². The van der Waals surface area contributed by atoms with Gasteiger partial charge in [0.05, 0.1) is 45.5 Å². The van der Waals surface area contributed by atoms with Crippen molar-refractivity contribution in [2.24, 2.45) is 0 Å². The van der Waals surface area contributed by atoms with Crippen molar-refractivity contribution in [3.8, 4) is 0 Å². The van der Waals surface area contributed by atoms with E-state index in [1.165, 1.54) is 0 Å². The molecule has 0 aliphatic carbocycles. The Kier molecular flexibility index (Phi) is 26.4. The van der Waals surface area contributed by atoms with Gasteiger partial charge in [0.15, 0.2) is 0 Å². The summed E-state index contributed by atoms with van der Waals surface area (Å²) in [6.45, 7) is 10.3. The fraction of sp³-hybridized carbons (Fsp3) is 1.00. The van der Waals surface area contributed by atoms with Crippen LogP contribution in [0.15, 0.2) is 0 Å². The summed E-state index contributed by atoms with van der Waals surface area (Å²) in [5, 5.41) is 17.5. The Bertz CT molecular complexity index is 203. The molecule has 0 aromatic carbocycles. The average Bonchev–Trinajstić information content (AvgIpc) is 2.43. The van der Waals surface area contributed by atoms with Crippen molar-refractivity contribution in [3.63, 3.8) is 0 Å². The number of rotatable bonds is 8. The third-order valence-corrected chi connectivity index (χ3v) is 2.02. The number of hydrogen-bond acceptors (Lipinski definition) is 5. The van der Waals surface area contributed by atoms with Crippen LogP contribution < -0.4 is 0 Å². The Labute approximate surface area is 146 Å². The van der Waals surface area contributed by atoms with Crippen LogP contribution in [-0.4, -0.2) is 58.1 Å². The van der Waals surface area contributed by atoms with Crippen molar-refractivity contribution < 1.29 is 53.9 Å². The van der Waals surface area contributed by atoms with Crippen LogP contribution in [0.5, 0.6) is 0 Å². The first-order valence-corrected chi connectivity index (χ1v) is 9.55. The van der Waals surface area contributed by atoms with E-state index in [9.17, 15) is 0 Å². The number of aliphatic hydroxyl groups is 2. The van der Waals surface area contributed by atoms with Crippen molar-refractivity contribution >= 4 is 7.85 Å². The van der Waals surface area contributed by atoms with E-state index in [4.69, 9.17) is 32.0 Å². The molecule has 0 aromatic heterocycles. The summed E-state index contributed by atoms with van der Waals surface area (Å²) < 4.78 is 26.2. The van der Waals surface area contributed by atoms with E-state index in [0.717, 1.165) is 6.42 Å². The standard InChI is InChI=1S/C7H16O2.C6H13BO2.H2O.O.Y/c1-4-7(5-8)9-6(2)3;1-5(2)9-4-6(8)3-7;;;/h6-8H,4-5H2,1-3H3;5-6,8H,3-4H2,1-2H3;1H2;;/q;;;;+1/p-1/t7-;6-;;;/m11.../s1. The SMILES string of the molecule is CC[C@H](CO)OC(C)C.[B]C[C@@H](O)COC(C)C.[O]=[Y][OH]. The van der Waals surface area contributed by atoms with Crippen molar-refractivity contribution in [2.45, 2.75) is 71.8 Å². The van der Waals surface area contributed by atoms with Crippen LogP contribution in [0.25, 0.3) is 0 Å². The van der Waals surface area contributed by atoms with Gasteiger partial charge in [0, 0.05) is 0 Å². The van der Waals surface area contributed by atoms with Gasteiger partial charge in [0.25, 0.3) is 0 Å². The molecule has 0 heterocycles. The van der Waals surface area contributed by atoms with Crippen LogP contribution >= 0.6 is 0 Å². The molecule has 2 radical (unpaired) electrons. The van der Waals surface area contributed by atoms with E-state index in [1.54, 1.807) is 0 Å². The third-order valence-electron chi connectivity index (χ3n) is 2.02. The van der Waals surface area contributed by atoms with E-state index >= 15 is 0 Å². The molecule has 0 aliphatic rings. The predicted octanol–water partition coefficient (Wildman–Crippen LogP) is 0.863. The first-order chi connectivity index (χ1) is 9.78. The molecule has 0 saturated carbocycles. The molecule has 6 nitrogen and oxygen atoms in total. The summed E-state index contributed by atoms with van der Waals surface area (Å²) in [7, 11) is 5.13. The summed E-state index contributed by atoms with van der Waals surface area (Å²) in [6.07, 6.45) is 1.08. The van der Waals surface area contributed by atoms with Crippen molar-refractivity contribution in [3.05, 3.63) is 0 Å². The molecule has 0 bridgehead atoms. The Morgan fingerprint density at radius 2 is 1.67 bits per heavy atom. The summed E-state index contributed by atoms with van der Waals surface area (Å²) in [5.41, 5.74) is 0. The molecule has 8 heteroatoms. The average molecular weight is 382 g/mol. The first kappa shape index (κ1) is 26.7. The number of hydrogen-bond donors (Lipinski definition) is 3. The quantitative estimate of drug-likeness (QED) is 0.539. The van der Waals surface area contributed by atoms with Gasteiger partial charge in [-0.25, -0.2) is 0 Å². The molecule has 124 valence electrons. The number of ether oxygens (including phenoxy) is 2. The van der Waals surface area contributed by atoms with Crippen molar-refractivity contribution in [1.82, 2.24) is 0 Å². The van der Waals surface area contributed by atoms with E-state index < -0.39 is 35.9 Å². The fourth-order valence-electron chi connectivity index (χ4n) is 1.02. The molecule has 0 unspecified atom stereocenters. The van der Waals surface area contributed by atoms with Crippen LogP contribution in [0.3, 0.4) is 0 Å². The van der Waals surface area contributed by atoms with E-state index in [-0.39, 0.29) is 31.2 Å². The Morgan fingerprint density at radius 3 is 1.86 bits per heavy atom. The van der Waals surface area contributed by atoms with E-state index in [1.807, 2.05) is 34.6 Å². The van der Waals surface area contributed by atoms with Gasteiger partial charge >= 0.3 is 34.2 Å². The van der Waals surface area contributed by atoms with Crippen LogP contribution in [0.1, 0.15) is 41.0 Å². The second-order valence-electron chi connectivity index (χ2n) is 4.77. The zero-order valence-electron chi connectivity index (χ0n) is 13.9. The van der Waals surface area contributed by atoms with Gasteiger partial charge in [-0.2, -0.15) is 0 Å². The molecular weight excluding hydrogens is 352 g/mol.